The highest BCUT2D eigenvalue weighted by Crippen LogP contribution is 2.64. The molecule has 3 aliphatic carbocycles. The van der Waals surface area contributed by atoms with Gasteiger partial charge in [-0.25, -0.2) is 0 Å². The van der Waals surface area contributed by atoms with E-state index in [9.17, 15) is 22.8 Å². The Kier molecular flexibility index (Phi) is 5.65. The molecule has 7 atom stereocenters. The number of carbonyl (C=O) groups excluding carboxylic acids is 2. The Bertz CT molecular complexity index is 1050. The summed E-state index contributed by atoms with van der Waals surface area (Å²) in [5.74, 6) is 0.641. The van der Waals surface area contributed by atoms with Crippen LogP contribution in [0.2, 0.25) is 0 Å². The molecule has 190 valence electrons. The Morgan fingerprint density at radius 3 is 2.46 bits per heavy atom. The molecule has 3 fully saturated rings. The highest BCUT2D eigenvalue weighted by molar-refractivity contribution is 5.96. The third-order valence-corrected chi connectivity index (χ3v) is 10.2. The van der Waals surface area contributed by atoms with Crippen LogP contribution in [-0.2, 0) is 15.1 Å². The highest BCUT2D eigenvalue weighted by atomic mass is 19.4. The first-order valence-corrected chi connectivity index (χ1v) is 12.8. The molecule has 0 bridgehead atoms. The van der Waals surface area contributed by atoms with E-state index < -0.39 is 23.0 Å². The lowest BCUT2D eigenvalue weighted by molar-refractivity contribution is -0.197. The first-order valence-electron chi connectivity index (χ1n) is 12.8. The maximum absolute atomic E-state index is 14.3. The van der Waals surface area contributed by atoms with Crippen molar-refractivity contribution in [2.24, 2.45) is 28.6 Å². The van der Waals surface area contributed by atoms with E-state index in [0.29, 0.717) is 23.8 Å². The highest BCUT2D eigenvalue weighted by Gasteiger charge is 2.60. The topological polar surface area (TPSA) is 58.2 Å². The van der Waals surface area contributed by atoms with Crippen LogP contribution in [0.5, 0.6) is 0 Å². The Labute approximate surface area is 205 Å². The molecule has 2 amide bonds. The molecule has 4 aliphatic rings. The van der Waals surface area contributed by atoms with Crippen molar-refractivity contribution in [3.05, 3.63) is 47.5 Å². The lowest BCUT2D eigenvalue weighted by Crippen LogP contribution is -2.61. The fraction of sp³-hybridized carbons (Fsp3) is 0.643. The molecule has 4 nitrogen and oxygen atoms in total. The van der Waals surface area contributed by atoms with Gasteiger partial charge in [-0.3, -0.25) is 9.59 Å². The lowest BCUT2D eigenvalue weighted by Gasteiger charge is -2.60. The Hall–Kier alpha value is -2.31. The zero-order chi connectivity index (χ0) is 25.2. The summed E-state index contributed by atoms with van der Waals surface area (Å²) in [5, 5.41) is 5.62. The maximum atomic E-state index is 14.3. The average molecular weight is 489 g/mol. The van der Waals surface area contributed by atoms with Crippen LogP contribution in [0.15, 0.2) is 42.0 Å². The predicted molar refractivity (Wildman–Crippen MR) is 127 cm³/mol. The Morgan fingerprint density at radius 1 is 1.06 bits per heavy atom. The minimum atomic E-state index is -4.64. The molecule has 0 radical (unpaired) electrons. The van der Waals surface area contributed by atoms with Crippen molar-refractivity contribution < 1.29 is 22.8 Å². The maximum Gasteiger partial charge on any atom is 0.415 e. The summed E-state index contributed by atoms with van der Waals surface area (Å²) < 4.78 is 42.8. The van der Waals surface area contributed by atoms with E-state index in [1.807, 2.05) is 6.08 Å². The van der Waals surface area contributed by atoms with E-state index in [0.717, 1.165) is 45.4 Å². The van der Waals surface area contributed by atoms with E-state index in [1.165, 1.54) is 12.1 Å². The van der Waals surface area contributed by atoms with Gasteiger partial charge in [-0.1, -0.05) is 50.3 Å². The predicted octanol–water partition coefficient (Wildman–Crippen LogP) is 5.64. The molecule has 7 heteroatoms. The van der Waals surface area contributed by atoms with Crippen LogP contribution in [0.25, 0.3) is 0 Å². The summed E-state index contributed by atoms with van der Waals surface area (Å²) in [5.41, 5.74) is -2.32. The molecule has 35 heavy (non-hydrogen) atoms. The summed E-state index contributed by atoms with van der Waals surface area (Å²) >= 11 is 0. The molecule has 1 saturated heterocycles. The van der Waals surface area contributed by atoms with Crippen LogP contribution >= 0.6 is 0 Å². The summed E-state index contributed by atoms with van der Waals surface area (Å²) in [6, 6.07) is 7.81. The quantitative estimate of drug-likeness (QED) is 0.579. The van der Waals surface area contributed by atoms with Crippen molar-refractivity contribution in [1.29, 1.82) is 0 Å². The number of piperidine rings is 1. The number of alkyl halides is 3. The van der Waals surface area contributed by atoms with Crippen molar-refractivity contribution in [3.63, 3.8) is 0 Å². The second-order valence-corrected chi connectivity index (χ2v) is 11.8. The van der Waals surface area contributed by atoms with Gasteiger partial charge in [-0.15, -0.1) is 0 Å². The second kappa shape index (κ2) is 8.10. The number of allylic oxidation sites excluding steroid dienone is 1. The van der Waals surface area contributed by atoms with Crippen LogP contribution in [0.1, 0.15) is 71.3 Å². The van der Waals surface area contributed by atoms with Gasteiger partial charge in [0, 0.05) is 23.5 Å². The number of hydrogen-bond acceptors (Lipinski definition) is 2. The van der Waals surface area contributed by atoms with Gasteiger partial charge in [0.1, 0.15) is 0 Å². The molecule has 1 aliphatic heterocycles. The SMILES string of the molecule is CC(NC(=O)C1=CC[C@H]2[C@@H]3CC[C@H]4NC(=O)CC[C@]4(C)[C@H]3CC[C@]12C)(c1ccccc1)C(F)(F)F. The number of carbonyl (C=O) groups is 2. The van der Waals surface area contributed by atoms with Crippen molar-refractivity contribution in [2.45, 2.75) is 83.5 Å². The van der Waals surface area contributed by atoms with Crippen LogP contribution in [0.4, 0.5) is 13.2 Å². The smallest absolute Gasteiger partial charge is 0.353 e. The van der Waals surface area contributed by atoms with Crippen molar-refractivity contribution >= 4 is 11.8 Å². The van der Waals surface area contributed by atoms with Gasteiger partial charge in [0.25, 0.3) is 0 Å². The molecular weight excluding hydrogens is 453 g/mol. The fourth-order valence-corrected chi connectivity index (χ4v) is 7.99. The van der Waals surface area contributed by atoms with Crippen molar-refractivity contribution in [3.8, 4) is 0 Å². The minimum Gasteiger partial charge on any atom is -0.353 e. The normalized spacial score (nSPS) is 38.2. The van der Waals surface area contributed by atoms with Crippen LogP contribution in [-0.4, -0.2) is 24.0 Å². The van der Waals surface area contributed by atoms with Gasteiger partial charge in [0.15, 0.2) is 5.54 Å². The zero-order valence-electron chi connectivity index (χ0n) is 20.7. The summed E-state index contributed by atoms with van der Waals surface area (Å²) in [4.78, 5) is 25.5. The molecular formula is C28H35F3N2O2. The number of rotatable bonds is 3. The Morgan fingerprint density at radius 2 is 1.77 bits per heavy atom. The van der Waals surface area contributed by atoms with Gasteiger partial charge in [-0.05, 0) is 74.2 Å². The van der Waals surface area contributed by atoms with Crippen molar-refractivity contribution in [2.75, 3.05) is 0 Å². The lowest BCUT2D eigenvalue weighted by atomic mass is 9.47. The number of fused-ring (bicyclic) bond motifs is 5. The molecule has 2 N–H and O–H groups in total. The van der Waals surface area contributed by atoms with E-state index >= 15 is 0 Å². The Balaban J connectivity index is 1.39. The molecule has 0 aromatic heterocycles. The second-order valence-electron chi connectivity index (χ2n) is 11.8. The summed E-state index contributed by atoms with van der Waals surface area (Å²) in [7, 11) is 0. The minimum absolute atomic E-state index is 0.0236. The van der Waals surface area contributed by atoms with E-state index in [2.05, 4.69) is 24.5 Å². The summed E-state index contributed by atoms with van der Waals surface area (Å²) in [6.07, 6.45) is 3.05. The number of benzene rings is 1. The van der Waals surface area contributed by atoms with Crippen molar-refractivity contribution in [1.82, 2.24) is 10.6 Å². The monoisotopic (exact) mass is 488 g/mol. The number of amides is 2. The molecule has 2 saturated carbocycles. The molecule has 5 rings (SSSR count). The van der Waals surface area contributed by atoms with Crippen LogP contribution < -0.4 is 10.6 Å². The zero-order valence-corrected chi connectivity index (χ0v) is 20.7. The van der Waals surface area contributed by atoms with Gasteiger partial charge >= 0.3 is 6.18 Å². The third-order valence-electron chi connectivity index (χ3n) is 10.2. The standard InChI is InChI=1S/C28H35F3N2O2/c1-25-15-13-20-18(9-12-22-26(20,2)16-14-23(34)32-22)19(25)10-11-21(25)24(35)33-27(3,28(29,30)31)17-7-5-4-6-8-17/h4-8,11,18-20,22H,9-10,12-16H2,1-3H3,(H,32,34)(H,33,35)/t18-,19-,20-,22+,25-,26+,27?/m0/s1. The summed E-state index contributed by atoms with van der Waals surface area (Å²) in [6.45, 7) is 5.43. The van der Waals surface area contributed by atoms with Gasteiger partial charge < -0.3 is 10.6 Å². The number of halogens is 3. The molecule has 1 aromatic carbocycles. The molecule has 1 aromatic rings. The first-order chi connectivity index (χ1) is 16.4. The van der Waals surface area contributed by atoms with Gasteiger partial charge in [-0.2, -0.15) is 13.2 Å². The number of nitrogens with one attached hydrogen (secondary N) is 2. The molecule has 1 heterocycles. The average Bonchev–Trinajstić information content (AvgIpc) is 3.16. The number of hydrogen-bond donors (Lipinski definition) is 2. The van der Waals surface area contributed by atoms with Crippen LogP contribution in [0.3, 0.4) is 0 Å². The van der Waals surface area contributed by atoms with Crippen LogP contribution in [0, 0.1) is 28.6 Å². The molecule has 0 spiro atoms. The first kappa shape index (κ1) is 24.4. The van der Waals surface area contributed by atoms with Gasteiger partial charge in [0.05, 0.1) is 0 Å². The van der Waals surface area contributed by atoms with E-state index in [-0.39, 0.29) is 28.8 Å². The van der Waals surface area contributed by atoms with E-state index in [1.54, 1.807) is 18.2 Å². The van der Waals surface area contributed by atoms with Gasteiger partial charge in [0.2, 0.25) is 11.8 Å². The third kappa shape index (κ3) is 3.63. The molecule has 1 unspecified atom stereocenters. The van der Waals surface area contributed by atoms with E-state index in [4.69, 9.17) is 0 Å². The largest absolute Gasteiger partial charge is 0.415 e. The fourth-order valence-electron chi connectivity index (χ4n) is 7.99.